The molecule has 0 atom stereocenters. The zero-order valence-electron chi connectivity index (χ0n) is 16.9. The minimum Gasteiger partial charge on any atom is -0.350 e. The van der Waals surface area contributed by atoms with Crippen molar-refractivity contribution in [2.75, 3.05) is 20.6 Å². The van der Waals surface area contributed by atoms with Crippen LogP contribution in [0, 0.1) is 0 Å². The van der Waals surface area contributed by atoms with E-state index in [2.05, 4.69) is 11.9 Å². The Bertz CT molecular complexity index is 1200. The summed E-state index contributed by atoms with van der Waals surface area (Å²) in [7, 11) is -0.590. The highest BCUT2D eigenvalue weighted by atomic mass is 35.5. The van der Waals surface area contributed by atoms with Crippen LogP contribution in [0.4, 0.5) is 0 Å². The fourth-order valence-electron chi connectivity index (χ4n) is 3.24. The van der Waals surface area contributed by atoms with Gasteiger partial charge < -0.3 is 9.88 Å². The molecule has 0 saturated carbocycles. The summed E-state index contributed by atoms with van der Waals surface area (Å²) in [6.45, 7) is 4.62. The molecule has 1 heterocycles. The molecule has 30 heavy (non-hydrogen) atoms. The highest BCUT2D eigenvalue weighted by Crippen LogP contribution is 2.25. The molecule has 0 unspecified atom stereocenters. The topological polar surface area (TPSA) is 71.4 Å². The minimum absolute atomic E-state index is 0.182. The van der Waals surface area contributed by atoms with Crippen LogP contribution in [0.3, 0.4) is 0 Å². The number of rotatable bonds is 8. The van der Waals surface area contributed by atoms with E-state index in [1.165, 1.54) is 14.1 Å². The summed E-state index contributed by atoms with van der Waals surface area (Å²) in [5.41, 5.74) is 2.18. The van der Waals surface area contributed by atoms with E-state index in [0.29, 0.717) is 35.6 Å². The molecule has 3 rings (SSSR count). The van der Waals surface area contributed by atoms with Crippen molar-refractivity contribution in [2.45, 2.75) is 17.9 Å². The first-order valence-electron chi connectivity index (χ1n) is 9.44. The number of hydrogen-bond donors (Lipinski definition) is 1. The molecule has 1 N–H and O–H groups in total. The van der Waals surface area contributed by atoms with E-state index in [1.807, 2.05) is 28.8 Å². The molecule has 2 aromatic carbocycles. The van der Waals surface area contributed by atoms with Crippen molar-refractivity contribution in [1.82, 2.24) is 14.2 Å². The van der Waals surface area contributed by atoms with E-state index in [1.54, 1.807) is 30.3 Å². The second kappa shape index (κ2) is 9.04. The maximum Gasteiger partial charge on any atom is 0.267 e. The van der Waals surface area contributed by atoms with Gasteiger partial charge in [-0.05, 0) is 42.3 Å². The molecular formula is C22H24ClN3O3S. The molecule has 8 heteroatoms. The van der Waals surface area contributed by atoms with Gasteiger partial charge in [0.2, 0.25) is 10.0 Å². The Labute approximate surface area is 181 Å². The molecule has 6 nitrogen and oxygen atoms in total. The second-order valence-electron chi connectivity index (χ2n) is 7.03. The van der Waals surface area contributed by atoms with Gasteiger partial charge in [0.25, 0.3) is 5.91 Å². The summed E-state index contributed by atoms with van der Waals surface area (Å²) in [5, 5.41) is 4.26. The molecule has 1 amide bonds. The average Bonchev–Trinajstić information content (AvgIpc) is 3.07. The summed E-state index contributed by atoms with van der Waals surface area (Å²) >= 11 is 6.17. The van der Waals surface area contributed by atoms with E-state index in [0.717, 1.165) is 15.4 Å². The third-order valence-electron chi connectivity index (χ3n) is 4.83. The Hall–Kier alpha value is -2.61. The zero-order chi connectivity index (χ0) is 21.9. The summed E-state index contributed by atoms with van der Waals surface area (Å²) in [6.07, 6.45) is 2.31. The SMILES string of the molecule is C=CCn1c(C(=O)NCCc2ccccc2Cl)cc2cc(S(=O)(=O)N(C)C)ccc21. The fraction of sp³-hybridized carbons (Fsp3) is 0.227. The van der Waals surface area contributed by atoms with E-state index in [4.69, 9.17) is 11.6 Å². The number of aromatic nitrogens is 1. The molecule has 0 aliphatic heterocycles. The molecule has 0 spiro atoms. The lowest BCUT2D eigenvalue weighted by Crippen LogP contribution is -2.27. The van der Waals surface area contributed by atoms with Crippen LogP contribution in [-0.4, -0.2) is 43.8 Å². The van der Waals surface area contributed by atoms with Gasteiger partial charge in [-0.1, -0.05) is 35.9 Å². The molecule has 0 bridgehead atoms. The molecule has 3 aromatic rings. The van der Waals surface area contributed by atoms with Gasteiger partial charge in [0.1, 0.15) is 5.69 Å². The highest BCUT2D eigenvalue weighted by molar-refractivity contribution is 7.89. The lowest BCUT2D eigenvalue weighted by Gasteiger charge is -2.12. The number of carbonyl (C=O) groups excluding carboxylic acids is 1. The van der Waals surface area contributed by atoms with Gasteiger partial charge in [-0.3, -0.25) is 4.79 Å². The first kappa shape index (κ1) is 22.1. The van der Waals surface area contributed by atoms with Crippen LogP contribution in [0.25, 0.3) is 10.9 Å². The number of amides is 1. The van der Waals surface area contributed by atoms with Crippen molar-refractivity contribution in [2.24, 2.45) is 0 Å². The van der Waals surface area contributed by atoms with E-state index in [9.17, 15) is 13.2 Å². The van der Waals surface area contributed by atoms with Crippen molar-refractivity contribution in [3.05, 3.63) is 77.5 Å². The van der Waals surface area contributed by atoms with Crippen LogP contribution in [0.2, 0.25) is 5.02 Å². The molecule has 0 fully saturated rings. The predicted octanol–water partition coefficient (Wildman–Crippen LogP) is 3.70. The number of fused-ring (bicyclic) bond motifs is 1. The Morgan fingerprint density at radius 1 is 1.20 bits per heavy atom. The smallest absolute Gasteiger partial charge is 0.267 e. The fourth-order valence-corrected chi connectivity index (χ4v) is 4.40. The van der Waals surface area contributed by atoms with Crippen molar-refractivity contribution in [1.29, 1.82) is 0 Å². The maximum absolute atomic E-state index is 12.8. The molecule has 0 aliphatic carbocycles. The van der Waals surface area contributed by atoms with Gasteiger partial charge >= 0.3 is 0 Å². The van der Waals surface area contributed by atoms with Gasteiger partial charge in [-0.2, -0.15) is 0 Å². The first-order chi connectivity index (χ1) is 14.3. The first-order valence-corrected chi connectivity index (χ1v) is 11.3. The summed E-state index contributed by atoms with van der Waals surface area (Å²) < 4.78 is 27.9. The quantitative estimate of drug-likeness (QED) is 0.537. The van der Waals surface area contributed by atoms with Crippen LogP contribution in [0.15, 0.2) is 66.1 Å². The summed E-state index contributed by atoms with van der Waals surface area (Å²) in [6, 6.07) is 14.1. The Morgan fingerprint density at radius 2 is 1.93 bits per heavy atom. The minimum atomic E-state index is -3.56. The largest absolute Gasteiger partial charge is 0.350 e. The van der Waals surface area contributed by atoms with Gasteiger partial charge in [0.05, 0.1) is 4.90 Å². The predicted molar refractivity (Wildman–Crippen MR) is 120 cm³/mol. The average molecular weight is 446 g/mol. The maximum atomic E-state index is 12.8. The molecule has 158 valence electrons. The third-order valence-corrected chi connectivity index (χ3v) is 7.01. The number of nitrogens with zero attached hydrogens (tertiary/aromatic N) is 2. The number of nitrogens with one attached hydrogen (secondary N) is 1. The Kier molecular flexibility index (Phi) is 6.65. The van der Waals surface area contributed by atoms with E-state index < -0.39 is 10.0 Å². The van der Waals surface area contributed by atoms with E-state index in [-0.39, 0.29) is 10.8 Å². The highest BCUT2D eigenvalue weighted by Gasteiger charge is 2.20. The van der Waals surface area contributed by atoms with Gasteiger partial charge in [-0.15, -0.1) is 6.58 Å². The number of allylic oxidation sites excluding steroid dienone is 1. The standard InChI is InChI=1S/C22H24ClN3O3S/c1-4-13-26-20-10-9-18(30(28,29)25(2)3)14-17(20)15-21(26)22(27)24-12-11-16-7-5-6-8-19(16)23/h4-10,14-15H,1,11-13H2,2-3H3,(H,24,27). The van der Waals surface area contributed by atoms with Gasteiger partial charge in [-0.25, -0.2) is 12.7 Å². The van der Waals surface area contributed by atoms with Crippen molar-refractivity contribution < 1.29 is 13.2 Å². The number of halogens is 1. The lowest BCUT2D eigenvalue weighted by atomic mass is 10.1. The molecule has 1 aromatic heterocycles. The summed E-state index contributed by atoms with van der Waals surface area (Å²) in [5.74, 6) is -0.239. The van der Waals surface area contributed by atoms with Gasteiger partial charge in [0.15, 0.2) is 0 Å². The van der Waals surface area contributed by atoms with Crippen molar-refractivity contribution >= 4 is 38.4 Å². The van der Waals surface area contributed by atoms with Crippen molar-refractivity contribution in [3.8, 4) is 0 Å². The third kappa shape index (κ3) is 4.43. The zero-order valence-corrected chi connectivity index (χ0v) is 18.5. The van der Waals surface area contributed by atoms with Crippen LogP contribution < -0.4 is 5.32 Å². The molecular weight excluding hydrogens is 422 g/mol. The summed E-state index contributed by atoms with van der Waals surface area (Å²) in [4.78, 5) is 13.0. The van der Waals surface area contributed by atoms with Crippen LogP contribution >= 0.6 is 11.6 Å². The van der Waals surface area contributed by atoms with Crippen LogP contribution in [0.5, 0.6) is 0 Å². The number of hydrogen-bond acceptors (Lipinski definition) is 3. The van der Waals surface area contributed by atoms with Crippen LogP contribution in [-0.2, 0) is 23.0 Å². The number of carbonyl (C=O) groups is 1. The molecule has 0 aliphatic rings. The van der Waals surface area contributed by atoms with Gasteiger partial charge in [0, 0.05) is 43.1 Å². The monoisotopic (exact) mass is 445 g/mol. The number of sulfonamides is 1. The molecule has 0 saturated heterocycles. The molecule has 0 radical (unpaired) electrons. The second-order valence-corrected chi connectivity index (χ2v) is 9.59. The number of benzene rings is 2. The van der Waals surface area contributed by atoms with Crippen molar-refractivity contribution in [3.63, 3.8) is 0 Å². The van der Waals surface area contributed by atoms with E-state index >= 15 is 0 Å². The Morgan fingerprint density at radius 3 is 2.60 bits per heavy atom. The lowest BCUT2D eigenvalue weighted by molar-refractivity contribution is 0.0946. The normalized spacial score (nSPS) is 11.7. The van der Waals surface area contributed by atoms with Crippen LogP contribution in [0.1, 0.15) is 16.1 Å². The Balaban J connectivity index is 1.88.